The number of ether oxygens (including phenoxy) is 2. The Morgan fingerprint density at radius 2 is 2.06 bits per heavy atom. The van der Waals surface area contributed by atoms with Crippen molar-refractivity contribution >= 4 is 34.8 Å². The molecule has 0 aromatic heterocycles. The molecule has 0 spiro atoms. The predicted molar refractivity (Wildman–Crippen MR) is 65.9 cm³/mol. The molecular formula is C11H11Cl3O2. The average molecular weight is 282 g/mol. The van der Waals surface area contributed by atoms with Gasteiger partial charge in [0.25, 0.3) is 0 Å². The summed E-state index contributed by atoms with van der Waals surface area (Å²) in [4.78, 5) is 0. The van der Waals surface area contributed by atoms with Crippen LogP contribution in [0.15, 0.2) is 18.2 Å². The van der Waals surface area contributed by atoms with Crippen LogP contribution in [-0.2, 0) is 4.74 Å². The fourth-order valence-electron chi connectivity index (χ4n) is 1.67. The van der Waals surface area contributed by atoms with E-state index in [4.69, 9.17) is 44.3 Å². The first-order valence-corrected chi connectivity index (χ1v) is 6.09. The van der Waals surface area contributed by atoms with Crippen LogP contribution in [0.1, 0.15) is 6.42 Å². The zero-order valence-electron chi connectivity index (χ0n) is 8.62. The van der Waals surface area contributed by atoms with Gasteiger partial charge in [0.1, 0.15) is 18.0 Å². The summed E-state index contributed by atoms with van der Waals surface area (Å²) in [6.45, 7) is 0. The number of methoxy groups -OCH3 is 1. The molecule has 88 valence electrons. The van der Waals surface area contributed by atoms with Gasteiger partial charge in [-0.2, -0.15) is 0 Å². The van der Waals surface area contributed by atoms with Crippen molar-refractivity contribution in [3.63, 3.8) is 0 Å². The molecule has 2 rings (SSSR count). The van der Waals surface area contributed by atoms with Crippen molar-refractivity contribution in [2.45, 2.75) is 24.0 Å². The summed E-state index contributed by atoms with van der Waals surface area (Å²) < 4.78 is 10.9. The Labute approximate surface area is 109 Å². The molecule has 0 bridgehead atoms. The highest BCUT2D eigenvalue weighted by Crippen LogP contribution is 2.36. The number of hydrogen-bond acceptors (Lipinski definition) is 2. The smallest absolute Gasteiger partial charge is 0.139 e. The minimum absolute atomic E-state index is 0.00737. The van der Waals surface area contributed by atoms with Crippen molar-refractivity contribution in [2.24, 2.45) is 0 Å². The lowest BCUT2D eigenvalue weighted by molar-refractivity contribution is -0.0583. The van der Waals surface area contributed by atoms with Crippen LogP contribution in [0.4, 0.5) is 0 Å². The van der Waals surface area contributed by atoms with Crippen LogP contribution in [0.2, 0.25) is 10.0 Å². The number of rotatable bonds is 3. The molecule has 0 heterocycles. The molecule has 1 aliphatic rings. The second kappa shape index (κ2) is 5.01. The van der Waals surface area contributed by atoms with Gasteiger partial charge in [0.15, 0.2) is 0 Å². The van der Waals surface area contributed by atoms with Gasteiger partial charge < -0.3 is 9.47 Å². The Hall–Kier alpha value is -0.150. The van der Waals surface area contributed by atoms with Crippen LogP contribution in [-0.4, -0.2) is 24.7 Å². The summed E-state index contributed by atoms with van der Waals surface area (Å²) in [5.41, 5.74) is 0. The van der Waals surface area contributed by atoms with Crippen molar-refractivity contribution in [2.75, 3.05) is 7.11 Å². The van der Waals surface area contributed by atoms with E-state index in [0.717, 1.165) is 6.42 Å². The molecule has 3 atom stereocenters. The molecule has 1 saturated carbocycles. The van der Waals surface area contributed by atoms with E-state index in [9.17, 15) is 0 Å². The Bertz CT molecular complexity index is 383. The molecule has 1 aromatic rings. The van der Waals surface area contributed by atoms with Gasteiger partial charge in [-0.3, -0.25) is 0 Å². The van der Waals surface area contributed by atoms with Gasteiger partial charge in [0.2, 0.25) is 0 Å². The number of halogens is 3. The summed E-state index contributed by atoms with van der Waals surface area (Å²) in [7, 11) is 1.62. The van der Waals surface area contributed by atoms with E-state index in [0.29, 0.717) is 15.8 Å². The quantitative estimate of drug-likeness (QED) is 0.785. The topological polar surface area (TPSA) is 18.5 Å². The van der Waals surface area contributed by atoms with Crippen LogP contribution in [0, 0.1) is 0 Å². The first kappa shape index (κ1) is 12.3. The molecule has 16 heavy (non-hydrogen) atoms. The van der Waals surface area contributed by atoms with E-state index in [-0.39, 0.29) is 17.6 Å². The highest BCUT2D eigenvalue weighted by atomic mass is 35.5. The molecule has 0 aliphatic heterocycles. The fraction of sp³-hybridized carbons (Fsp3) is 0.455. The third kappa shape index (κ3) is 2.40. The molecule has 1 aliphatic carbocycles. The minimum atomic E-state index is -0.0864. The maximum absolute atomic E-state index is 5.99. The molecule has 0 saturated heterocycles. The molecule has 0 N–H and O–H groups in total. The number of hydrogen-bond donors (Lipinski definition) is 0. The highest BCUT2D eigenvalue weighted by Gasteiger charge is 2.42. The average Bonchev–Trinajstić information content (AvgIpc) is 2.23. The minimum Gasteiger partial charge on any atom is -0.486 e. The van der Waals surface area contributed by atoms with Crippen molar-refractivity contribution in [3.05, 3.63) is 28.2 Å². The van der Waals surface area contributed by atoms with Crippen molar-refractivity contribution < 1.29 is 9.47 Å². The van der Waals surface area contributed by atoms with Gasteiger partial charge in [0, 0.05) is 24.6 Å². The van der Waals surface area contributed by atoms with Crippen LogP contribution in [0.3, 0.4) is 0 Å². The van der Waals surface area contributed by atoms with E-state index in [1.807, 2.05) is 0 Å². The lowest BCUT2D eigenvalue weighted by Crippen LogP contribution is -2.52. The summed E-state index contributed by atoms with van der Waals surface area (Å²) in [6, 6.07) is 5.12. The highest BCUT2D eigenvalue weighted by molar-refractivity contribution is 6.34. The third-order valence-electron chi connectivity index (χ3n) is 2.62. The van der Waals surface area contributed by atoms with Gasteiger partial charge in [-0.05, 0) is 12.1 Å². The van der Waals surface area contributed by atoms with E-state index >= 15 is 0 Å². The SMILES string of the molecule is COC1C(Cl)CC1Oc1cc(Cl)ccc1Cl. The zero-order chi connectivity index (χ0) is 11.7. The Kier molecular flexibility index (Phi) is 3.85. The van der Waals surface area contributed by atoms with Crippen LogP contribution in [0.5, 0.6) is 5.75 Å². The maximum atomic E-state index is 5.99. The zero-order valence-corrected chi connectivity index (χ0v) is 10.9. The summed E-state index contributed by atoms with van der Waals surface area (Å²) in [5.74, 6) is 0.574. The molecule has 0 amide bonds. The lowest BCUT2D eigenvalue weighted by atomic mass is 9.91. The third-order valence-corrected chi connectivity index (χ3v) is 3.60. The summed E-state index contributed by atoms with van der Waals surface area (Å²) in [6.07, 6.45) is 0.614. The largest absolute Gasteiger partial charge is 0.486 e. The Balaban J connectivity index is 2.07. The monoisotopic (exact) mass is 280 g/mol. The molecular weight excluding hydrogens is 270 g/mol. The lowest BCUT2D eigenvalue weighted by Gasteiger charge is -2.39. The van der Waals surface area contributed by atoms with E-state index in [2.05, 4.69) is 0 Å². The van der Waals surface area contributed by atoms with Gasteiger partial charge in [-0.25, -0.2) is 0 Å². The first-order valence-electron chi connectivity index (χ1n) is 4.90. The van der Waals surface area contributed by atoms with Crippen molar-refractivity contribution in [1.82, 2.24) is 0 Å². The van der Waals surface area contributed by atoms with Crippen LogP contribution in [0.25, 0.3) is 0 Å². The van der Waals surface area contributed by atoms with Gasteiger partial charge in [-0.1, -0.05) is 23.2 Å². The predicted octanol–water partition coefficient (Wildman–Crippen LogP) is 3.77. The maximum Gasteiger partial charge on any atom is 0.139 e. The van der Waals surface area contributed by atoms with Crippen LogP contribution < -0.4 is 4.74 Å². The van der Waals surface area contributed by atoms with Crippen molar-refractivity contribution in [3.8, 4) is 5.75 Å². The Morgan fingerprint density at radius 3 is 2.69 bits per heavy atom. The van der Waals surface area contributed by atoms with E-state index in [1.165, 1.54) is 0 Å². The number of alkyl halides is 1. The molecule has 5 heteroatoms. The fourth-order valence-corrected chi connectivity index (χ4v) is 2.44. The van der Waals surface area contributed by atoms with E-state index < -0.39 is 0 Å². The normalized spacial score (nSPS) is 28.6. The second-order valence-corrected chi connectivity index (χ2v) is 5.09. The number of benzene rings is 1. The molecule has 2 nitrogen and oxygen atoms in total. The van der Waals surface area contributed by atoms with Gasteiger partial charge in [-0.15, -0.1) is 11.6 Å². The first-order chi connectivity index (χ1) is 7.61. The summed E-state index contributed by atoms with van der Waals surface area (Å²) in [5, 5.41) is 1.14. The summed E-state index contributed by atoms with van der Waals surface area (Å²) >= 11 is 17.8. The standard InChI is InChI=1S/C11H11Cl3O2/c1-15-11-8(14)5-10(11)16-9-4-6(12)2-3-7(9)13/h2-4,8,10-11H,5H2,1H3. The van der Waals surface area contributed by atoms with Gasteiger partial charge >= 0.3 is 0 Å². The Morgan fingerprint density at radius 1 is 1.31 bits per heavy atom. The van der Waals surface area contributed by atoms with Crippen molar-refractivity contribution in [1.29, 1.82) is 0 Å². The second-order valence-electron chi connectivity index (χ2n) is 3.68. The molecule has 0 radical (unpaired) electrons. The molecule has 1 aromatic carbocycles. The van der Waals surface area contributed by atoms with E-state index in [1.54, 1.807) is 25.3 Å². The van der Waals surface area contributed by atoms with Crippen LogP contribution >= 0.6 is 34.8 Å². The molecule has 1 fully saturated rings. The van der Waals surface area contributed by atoms with Gasteiger partial charge in [0.05, 0.1) is 10.4 Å². The molecule has 3 unspecified atom stereocenters.